The van der Waals surface area contributed by atoms with Gasteiger partial charge in [0.2, 0.25) is 0 Å². The van der Waals surface area contributed by atoms with Crippen LogP contribution in [0.2, 0.25) is 0 Å². The first kappa shape index (κ1) is 17.1. The second kappa shape index (κ2) is 7.14. The van der Waals surface area contributed by atoms with Crippen LogP contribution in [0.5, 0.6) is 0 Å². The monoisotopic (exact) mass is 371 g/mol. The number of thiazole rings is 1. The minimum absolute atomic E-state index is 0.170. The molecular formula is C18H21N5O2S. The van der Waals surface area contributed by atoms with Gasteiger partial charge in [0.1, 0.15) is 0 Å². The largest absolute Gasteiger partial charge is 0.373 e. The van der Waals surface area contributed by atoms with Crippen LogP contribution >= 0.6 is 11.3 Å². The zero-order chi connectivity index (χ0) is 18.1. The molecule has 2 N–H and O–H groups in total. The summed E-state index contributed by atoms with van der Waals surface area (Å²) in [5.41, 5.74) is 3.23. The van der Waals surface area contributed by atoms with Crippen molar-refractivity contribution in [1.82, 2.24) is 19.9 Å². The van der Waals surface area contributed by atoms with Crippen LogP contribution in [0, 0.1) is 0 Å². The van der Waals surface area contributed by atoms with E-state index in [1.807, 2.05) is 11.4 Å². The van der Waals surface area contributed by atoms with E-state index in [2.05, 4.69) is 39.0 Å². The maximum absolute atomic E-state index is 12.5. The Morgan fingerprint density at radius 2 is 2.19 bits per heavy atom. The molecule has 1 fully saturated rings. The first-order chi connectivity index (χ1) is 12.6. The molecule has 1 aromatic carbocycles. The highest BCUT2D eigenvalue weighted by Gasteiger charge is 2.22. The number of imidazole rings is 1. The summed E-state index contributed by atoms with van der Waals surface area (Å²) in [4.78, 5) is 26.5. The highest BCUT2D eigenvalue weighted by atomic mass is 32.1. The molecule has 1 saturated heterocycles. The van der Waals surface area contributed by atoms with Crippen LogP contribution in [0.4, 0.5) is 5.13 Å². The standard InChI is InChI=1S/C18H21N5O2S/c1-11-6-23(7-12(2)25-11)8-14-9-26-18(21-14)22-17(24)13-3-4-15-16(5-13)20-10-19-15/h3-5,9-12H,6-8H2,1-2H3,(H,19,20)(H,21,22,24). The summed E-state index contributed by atoms with van der Waals surface area (Å²) in [5, 5.41) is 5.49. The minimum Gasteiger partial charge on any atom is -0.373 e. The lowest BCUT2D eigenvalue weighted by molar-refractivity contribution is -0.0707. The number of nitrogens with zero attached hydrogens (tertiary/aromatic N) is 3. The molecule has 2 aromatic heterocycles. The molecule has 0 aliphatic carbocycles. The highest BCUT2D eigenvalue weighted by molar-refractivity contribution is 7.13. The average Bonchev–Trinajstić information content (AvgIpc) is 3.22. The van der Waals surface area contributed by atoms with Crippen molar-refractivity contribution in [2.75, 3.05) is 18.4 Å². The number of ether oxygens (including phenoxy) is 1. The van der Waals surface area contributed by atoms with Gasteiger partial charge in [-0.1, -0.05) is 0 Å². The van der Waals surface area contributed by atoms with Crippen LogP contribution in [0.25, 0.3) is 11.0 Å². The number of aromatic nitrogens is 3. The number of aromatic amines is 1. The van der Waals surface area contributed by atoms with Crippen molar-refractivity contribution < 1.29 is 9.53 Å². The Bertz CT molecular complexity index is 911. The Kier molecular flexibility index (Phi) is 4.71. The SMILES string of the molecule is CC1CN(Cc2csc(NC(=O)c3ccc4nc[nH]c4c3)n2)CC(C)O1. The zero-order valence-corrected chi connectivity index (χ0v) is 15.5. The van der Waals surface area contributed by atoms with Gasteiger partial charge >= 0.3 is 0 Å². The summed E-state index contributed by atoms with van der Waals surface area (Å²) in [6, 6.07) is 5.39. The fraction of sp³-hybridized carbons (Fsp3) is 0.389. The number of hydrogen-bond acceptors (Lipinski definition) is 6. The van der Waals surface area contributed by atoms with Crippen molar-refractivity contribution in [3.8, 4) is 0 Å². The summed E-state index contributed by atoms with van der Waals surface area (Å²) in [7, 11) is 0. The number of hydrogen-bond donors (Lipinski definition) is 2. The van der Waals surface area contributed by atoms with E-state index in [1.54, 1.807) is 18.5 Å². The molecule has 8 heteroatoms. The van der Waals surface area contributed by atoms with E-state index in [0.717, 1.165) is 36.4 Å². The first-order valence-electron chi connectivity index (χ1n) is 8.63. The Morgan fingerprint density at radius 3 is 3.00 bits per heavy atom. The molecule has 2 unspecified atom stereocenters. The zero-order valence-electron chi connectivity index (χ0n) is 14.7. The number of carbonyl (C=O) groups is 1. The highest BCUT2D eigenvalue weighted by Crippen LogP contribution is 2.20. The fourth-order valence-corrected chi connectivity index (χ4v) is 4.02. The van der Waals surface area contributed by atoms with E-state index in [9.17, 15) is 4.79 Å². The lowest BCUT2D eigenvalue weighted by Gasteiger charge is -2.34. The van der Waals surface area contributed by atoms with Crippen molar-refractivity contribution >= 4 is 33.4 Å². The predicted molar refractivity (Wildman–Crippen MR) is 101 cm³/mol. The van der Waals surface area contributed by atoms with Crippen molar-refractivity contribution in [1.29, 1.82) is 0 Å². The molecule has 1 aliphatic heterocycles. The van der Waals surface area contributed by atoms with Crippen LogP contribution in [0.3, 0.4) is 0 Å². The number of H-pyrrole nitrogens is 1. The molecule has 1 amide bonds. The maximum atomic E-state index is 12.5. The third-order valence-corrected chi connectivity index (χ3v) is 5.14. The molecule has 26 heavy (non-hydrogen) atoms. The Balaban J connectivity index is 1.40. The lowest BCUT2D eigenvalue weighted by Crippen LogP contribution is -2.44. The molecule has 2 atom stereocenters. The lowest BCUT2D eigenvalue weighted by atomic mass is 10.2. The molecule has 0 spiro atoms. The van der Waals surface area contributed by atoms with Gasteiger partial charge in [-0.2, -0.15) is 0 Å². The quantitative estimate of drug-likeness (QED) is 0.737. The smallest absolute Gasteiger partial charge is 0.257 e. The molecule has 0 radical (unpaired) electrons. The molecule has 4 rings (SSSR count). The summed E-state index contributed by atoms with van der Waals surface area (Å²) in [6.07, 6.45) is 2.08. The van der Waals surface area contributed by atoms with Gasteiger partial charge < -0.3 is 9.72 Å². The van der Waals surface area contributed by atoms with Gasteiger partial charge in [-0.05, 0) is 32.0 Å². The van der Waals surface area contributed by atoms with Crippen molar-refractivity contribution in [3.05, 3.63) is 41.2 Å². The normalized spacial score (nSPS) is 21.2. The number of morpholine rings is 1. The number of carbonyl (C=O) groups excluding carboxylic acids is 1. The van der Waals surface area contributed by atoms with Crippen molar-refractivity contribution in [3.63, 3.8) is 0 Å². The van der Waals surface area contributed by atoms with E-state index in [1.165, 1.54) is 11.3 Å². The number of amides is 1. The number of benzene rings is 1. The van der Waals surface area contributed by atoms with Crippen LogP contribution in [-0.4, -0.2) is 51.1 Å². The number of fused-ring (bicyclic) bond motifs is 1. The van der Waals surface area contributed by atoms with Crippen molar-refractivity contribution in [2.45, 2.75) is 32.6 Å². The summed E-state index contributed by atoms with van der Waals surface area (Å²) < 4.78 is 5.76. The van der Waals surface area contributed by atoms with Gasteiger partial charge in [-0.3, -0.25) is 15.0 Å². The van der Waals surface area contributed by atoms with E-state index in [-0.39, 0.29) is 18.1 Å². The molecule has 1 aliphatic rings. The molecule has 0 bridgehead atoms. The Labute approximate surface area is 155 Å². The summed E-state index contributed by atoms with van der Waals surface area (Å²) in [5.74, 6) is -0.170. The van der Waals surface area contributed by atoms with Crippen LogP contribution in [-0.2, 0) is 11.3 Å². The molecular weight excluding hydrogens is 350 g/mol. The van der Waals surface area contributed by atoms with Gasteiger partial charge in [-0.25, -0.2) is 9.97 Å². The Hall–Kier alpha value is -2.29. The molecule has 0 saturated carbocycles. The minimum atomic E-state index is -0.170. The fourth-order valence-electron chi connectivity index (χ4n) is 3.33. The maximum Gasteiger partial charge on any atom is 0.257 e. The topological polar surface area (TPSA) is 83.1 Å². The number of nitrogens with one attached hydrogen (secondary N) is 2. The van der Waals surface area contributed by atoms with E-state index >= 15 is 0 Å². The van der Waals surface area contributed by atoms with Crippen LogP contribution < -0.4 is 5.32 Å². The number of anilines is 1. The third kappa shape index (κ3) is 3.77. The summed E-state index contributed by atoms with van der Waals surface area (Å²) >= 11 is 1.45. The summed E-state index contributed by atoms with van der Waals surface area (Å²) in [6.45, 7) is 6.74. The van der Waals surface area contributed by atoms with Gasteiger partial charge in [0.05, 0.1) is 35.3 Å². The third-order valence-electron chi connectivity index (χ3n) is 4.34. The molecule has 3 aromatic rings. The van der Waals surface area contributed by atoms with E-state index < -0.39 is 0 Å². The molecule has 7 nitrogen and oxygen atoms in total. The van der Waals surface area contributed by atoms with E-state index in [0.29, 0.717) is 10.7 Å². The van der Waals surface area contributed by atoms with Gasteiger partial charge in [-0.15, -0.1) is 11.3 Å². The van der Waals surface area contributed by atoms with Gasteiger partial charge in [0.25, 0.3) is 5.91 Å². The first-order valence-corrected chi connectivity index (χ1v) is 9.51. The van der Waals surface area contributed by atoms with Gasteiger partial charge in [0, 0.05) is 30.6 Å². The predicted octanol–water partition coefficient (Wildman–Crippen LogP) is 2.88. The van der Waals surface area contributed by atoms with Crippen LogP contribution in [0.15, 0.2) is 29.9 Å². The second-order valence-corrected chi connectivity index (χ2v) is 7.54. The molecule has 136 valence electrons. The van der Waals surface area contributed by atoms with E-state index in [4.69, 9.17) is 4.74 Å². The van der Waals surface area contributed by atoms with Crippen LogP contribution in [0.1, 0.15) is 29.9 Å². The Morgan fingerprint density at radius 1 is 1.38 bits per heavy atom. The second-order valence-electron chi connectivity index (χ2n) is 6.68. The average molecular weight is 371 g/mol. The molecule has 3 heterocycles. The van der Waals surface area contributed by atoms with Gasteiger partial charge in [0.15, 0.2) is 5.13 Å². The number of rotatable bonds is 4. The van der Waals surface area contributed by atoms with Crippen molar-refractivity contribution in [2.24, 2.45) is 0 Å².